The molecular weight excluding hydrogens is 320 g/mol. The second-order valence-corrected chi connectivity index (χ2v) is 6.86. The average Bonchev–Trinajstić information content (AvgIpc) is 2.94. The van der Waals surface area contributed by atoms with E-state index < -0.39 is 22.8 Å². The van der Waals surface area contributed by atoms with Gasteiger partial charge in [-0.3, -0.25) is 0 Å². The van der Waals surface area contributed by atoms with E-state index in [1.54, 1.807) is 18.2 Å². The molecule has 0 bridgehead atoms. The molecule has 1 aliphatic rings. The van der Waals surface area contributed by atoms with Crippen LogP contribution in [0.25, 0.3) is 11.0 Å². The second kappa shape index (κ2) is 5.63. The van der Waals surface area contributed by atoms with E-state index >= 15 is 0 Å². The molecule has 1 aromatic heterocycles. The Morgan fingerprint density at radius 2 is 2.04 bits per heavy atom. The molecule has 23 heavy (non-hydrogen) atoms. The van der Waals surface area contributed by atoms with E-state index in [0.717, 1.165) is 41.3 Å². The topological polar surface area (TPSA) is 48.2 Å². The van der Waals surface area contributed by atoms with Gasteiger partial charge in [0.2, 0.25) is 5.82 Å². The first-order valence-corrected chi connectivity index (χ1v) is 8.41. The lowest BCUT2D eigenvalue weighted by atomic mass is 10.1. The summed E-state index contributed by atoms with van der Waals surface area (Å²) in [4.78, 5) is 0.285. The van der Waals surface area contributed by atoms with Crippen LogP contribution in [0.15, 0.2) is 50.6 Å². The molecular formula is C17H13F2NO2S. The van der Waals surface area contributed by atoms with Crippen molar-refractivity contribution >= 4 is 22.1 Å². The minimum atomic E-state index is -1.78. The number of hydrogen-bond donors (Lipinski definition) is 1. The predicted octanol–water partition coefficient (Wildman–Crippen LogP) is 3.52. The molecule has 1 aliphatic heterocycles. The van der Waals surface area contributed by atoms with Gasteiger partial charge < -0.3 is 14.3 Å². The first kappa shape index (κ1) is 14.7. The Labute approximate surface area is 134 Å². The zero-order valence-electron chi connectivity index (χ0n) is 12.1. The molecule has 0 saturated carbocycles. The van der Waals surface area contributed by atoms with Crippen molar-refractivity contribution in [2.75, 3.05) is 6.54 Å². The van der Waals surface area contributed by atoms with Crippen LogP contribution in [-0.2, 0) is 24.1 Å². The highest BCUT2D eigenvalue weighted by Gasteiger charge is 2.24. The van der Waals surface area contributed by atoms with Gasteiger partial charge in [-0.25, -0.2) is 4.39 Å². The van der Waals surface area contributed by atoms with Gasteiger partial charge in [0.05, 0.1) is 6.54 Å². The minimum Gasteiger partial charge on any atom is -0.606 e. The highest BCUT2D eigenvalue weighted by molar-refractivity contribution is 7.91. The molecule has 1 unspecified atom stereocenters. The van der Waals surface area contributed by atoms with Crippen LogP contribution in [-0.4, -0.2) is 11.1 Å². The van der Waals surface area contributed by atoms with Gasteiger partial charge in [-0.1, -0.05) is 6.07 Å². The molecule has 1 N–H and O–H groups in total. The molecule has 0 spiro atoms. The van der Waals surface area contributed by atoms with E-state index in [1.807, 2.05) is 0 Å². The lowest BCUT2D eigenvalue weighted by Crippen LogP contribution is -2.22. The van der Waals surface area contributed by atoms with Crippen molar-refractivity contribution < 1.29 is 17.8 Å². The van der Waals surface area contributed by atoms with Crippen LogP contribution in [0.5, 0.6) is 0 Å². The van der Waals surface area contributed by atoms with Gasteiger partial charge in [-0.15, -0.1) is 0 Å². The van der Waals surface area contributed by atoms with Crippen molar-refractivity contribution in [2.45, 2.75) is 22.8 Å². The van der Waals surface area contributed by atoms with Crippen LogP contribution in [0.3, 0.4) is 0 Å². The summed E-state index contributed by atoms with van der Waals surface area (Å²) < 4.78 is 45.6. The minimum absolute atomic E-state index is 0.150. The standard InChI is InChI=1S/C17H13F2NO2S/c18-13-2-1-3-16(17(13)19)23(21)10-4-5-14-12(8-10)11-6-7-20-9-15(11)22-14/h1-5,8,20H,6-7,9H2. The van der Waals surface area contributed by atoms with E-state index in [-0.39, 0.29) is 4.90 Å². The molecule has 2 heterocycles. The van der Waals surface area contributed by atoms with Crippen LogP contribution in [0.1, 0.15) is 11.3 Å². The highest BCUT2D eigenvalue weighted by Crippen LogP contribution is 2.32. The number of benzene rings is 2. The fourth-order valence-electron chi connectivity index (χ4n) is 2.88. The molecule has 0 amide bonds. The zero-order valence-corrected chi connectivity index (χ0v) is 12.9. The third-order valence-corrected chi connectivity index (χ3v) is 5.41. The maximum Gasteiger partial charge on any atom is 0.214 e. The van der Waals surface area contributed by atoms with Crippen LogP contribution < -0.4 is 5.32 Å². The molecule has 0 radical (unpaired) electrons. The quantitative estimate of drug-likeness (QED) is 0.730. The first-order valence-electron chi connectivity index (χ1n) is 7.26. The van der Waals surface area contributed by atoms with Gasteiger partial charge in [0, 0.05) is 28.2 Å². The summed E-state index contributed by atoms with van der Waals surface area (Å²) in [5.74, 6) is -1.18. The van der Waals surface area contributed by atoms with Crippen molar-refractivity contribution in [3.63, 3.8) is 0 Å². The molecule has 0 fully saturated rings. The fourth-order valence-corrected chi connectivity index (χ4v) is 4.01. The molecule has 0 aliphatic carbocycles. The number of furan rings is 1. The van der Waals surface area contributed by atoms with Gasteiger partial charge >= 0.3 is 0 Å². The number of halogens is 2. The SMILES string of the molecule is [O-][S+](c1ccc2oc3c(c2c1)CCNC3)c1cccc(F)c1F. The summed E-state index contributed by atoms with van der Waals surface area (Å²) in [7, 11) is 0. The van der Waals surface area contributed by atoms with Gasteiger partial charge in [-0.2, -0.15) is 4.39 Å². The lowest BCUT2D eigenvalue weighted by Gasteiger charge is -2.12. The molecule has 6 heteroatoms. The molecule has 3 aromatic rings. The zero-order chi connectivity index (χ0) is 16.0. The van der Waals surface area contributed by atoms with Crippen LogP contribution in [0.4, 0.5) is 8.78 Å². The Balaban J connectivity index is 1.81. The molecule has 2 aromatic carbocycles. The van der Waals surface area contributed by atoms with Crippen molar-refractivity contribution in [1.29, 1.82) is 0 Å². The van der Waals surface area contributed by atoms with Crippen LogP contribution in [0, 0.1) is 11.6 Å². The summed E-state index contributed by atoms with van der Waals surface area (Å²) in [5, 5.41) is 4.13. The molecule has 3 nitrogen and oxygen atoms in total. The summed E-state index contributed by atoms with van der Waals surface area (Å²) in [6, 6.07) is 8.83. The number of hydrogen-bond acceptors (Lipinski definition) is 3. The van der Waals surface area contributed by atoms with Gasteiger partial charge in [0.1, 0.15) is 11.3 Å². The average molecular weight is 333 g/mol. The maximum atomic E-state index is 13.9. The monoisotopic (exact) mass is 333 g/mol. The smallest absolute Gasteiger partial charge is 0.214 e. The summed E-state index contributed by atoms with van der Waals surface area (Å²) in [6.45, 7) is 1.52. The van der Waals surface area contributed by atoms with Crippen molar-refractivity contribution in [3.05, 3.63) is 59.4 Å². The fraction of sp³-hybridized carbons (Fsp3) is 0.176. The van der Waals surface area contributed by atoms with E-state index in [4.69, 9.17) is 4.42 Å². The number of rotatable bonds is 2. The normalized spacial score (nSPS) is 15.6. The van der Waals surface area contributed by atoms with Gasteiger partial charge in [0.15, 0.2) is 15.6 Å². The van der Waals surface area contributed by atoms with Crippen LogP contribution in [0.2, 0.25) is 0 Å². The molecule has 1 atom stereocenters. The van der Waals surface area contributed by atoms with E-state index in [1.165, 1.54) is 12.1 Å². The number of fused-ring (bicyclic) bond motifs is 3. The summed E-state index contributed by atoms with van der Waals surface area (Å²) in [5.41, 5.74) is 1.82. The Hall–Kier alpha value is -1.89. The Morgan fingerprint density at radius 1 is 1.17 bits per heavy atom. The second-order valence-electron chi connectivity index (χ2n) is 5.41. The summed E-state index contributed by atoms with van der Waals surface area (Å²) >= 11 is -1.78. The Bertz CT molecular complexity index is 894. The Morgan fingerprint density at radius 3 is 2.91 bits per heavy atom. The molecule has 4 rings (SSSR count). The summed E-state index contributed by atoms with van der Waals surface area (Å²) in [6.07, 6.45) is 0.826. The first-order chi connectivity index (χ1) is 11.1. The molecule has 0 saturated heterocycles. The Kier molecular flexibility index (Phi) is 3.60. The van der Waals surface area contributed by atoms with Gasteiger partial charge in [0.25, 0.3) is 0 Å². The lowest BCUT2D eigenvalue weighted by molar-refractivity contribution is 0.485. The van der Waals surface area contributed by atoms with E-state index in [2.05, 4.69) is 5.32 Å². The largest absolute Gasteiger partial charge is 0.606 e. The number of nitrogens with one attached hydrogen (secondary N) is 1. The van der Waals surface area contributed by atoms with Gasteiger partial charge in [-0.05, 0) is 37.2 Å². The van der Waals surface area contributed by atoms with Crippen molar-refractivity contribution in [3.8, 4) is 0 Å². The van der Waals surface area contributed by atoms with E-state index in [0.29, 0.717) is 11.4 Å². The van der Waals surface area contributed by atoms with E-state index in [9.17, 15) is 13.3 Å². The maximum absolute atomic E-state index is 13.9. The van der Waals surface area contributed by atoms with Crippen molar-refractivity contribution in [1.82, 2.24) is 5.32 Å². The third kappa shape index (κ3) is 2.43. The van der Waals surface area contributed by atoms with Crippen LogP contribution >= 0.6 is 0 Å². The van der Waals surface area contributed by atoms with Crippen molar-refractivity contribution in [2.24, 2.45) is 0 Å². The predicted molar refractivity (Wildman–Crippen MR) is 82.7 cm³/mol. The third-order valence-electron chi connectivity index (χ3n) is 4.01. The molecule has 118 valence electrons. The highest BCUT2D eigenvalue weighted by atomic mass is 32.2.